The lowest BCUT2D eigenvalue weighted by Gasteiger charge is -2.62. The van der Waals surface area contributed by atoms with Gasteiger partial charge in [0.1, 0.15) is 12.6 Å². The van der Waals surface area contributed by atoms with Gasteiger partial charge in [-0.1, -0.05) is 91.2 Å². The number of ether oxygens (including phenoxy) is 1. The number of aliphatic carboxylic acids is 1. The summed E-state index contributed by atoms with van der Waals surface area (Å²) in [4.78, 5) is 35.9. The van der Waals surface area contributed by atoms with Crippen molar-refractivity contribution in [1.29, 1.82) is 0 Å². The predicted molar refractivity (Wildman–Crippen MR) is 205 cm³/mol. The van der Waals surface area contributed by atoms with Crippen LogP contribution < -0.4 is 5.32 Å². The van der Waals surface area contributed by atoms with Crippen molar-refractivity contribution in [2.75, 3.05) is 6.54 Å². The second kappa shape index (κ2) is 20.5. The van der Waals surface area contributed by atoms with Crippen LogP contribution in [0.25, 0.3) is 0 Å². The molecule has 51 heavy (non-hydrogen) atoms. The number of amides is 1. The van der Waals surface area contributed by atoms with Gasteiger partial charge in [-0.15, -0.1) is 0 Å². The van der Waals surface area contributed by atoms with Gasteiger partial charge in [0.15, 0.2) is 0 Å². The summed E-state index contributed by atoms with van der Waals surface area (Å²) in [5.41, 5.74) is 0.0432. The van der Waals surface area contributed by atoms with Crippen LogP contribution in [0.3, 0.4) is 0 Å². The van der Waals surface area contributed by atoms with Crippen LogP contribution in [-0.2, 0) is 19.1 Å². The molecule has 0 aromatic heterocycles. The zero-order valence-electron chi connectivity index (χ0n) is 33.0. The summed E-state index contributed by atoms with van der Waals surface area (Å²) < 4.78 is 6.10. The molecule has 0 spiro atoms. The number of carbonyl (C=O) groups is 3. The van der Waals surface area contributed by atoms with E-state index in [0.717, 1.165) is 57.8 Å². The minimum atomic E-state index is -1.02. The van der Waals surface area contributed by atoms with Gasteiger partial charge >= 0.3 is 11.9 Å². The number of carbonyl (C=O) groups excluding carboxylic acids is 2. The Kier molecular flexibility index (Phi) is 16.9. The van der Waals surface area contributed by atoms with Gasteiger partial charge in [0.05, 0.1) is 6.10 Å². The van der Waals surface area contributed by atoms with Crippen molar-refractivity contribution in [1.82, 2.24) is 5.32 Å². The molecule has 1 amide bonds. The molecule has 0 radical (unpaired) electrons. The third-order valence-electron chi connectivity index (χ3n) is 14.7. The Labute approximate surface area is 310 Å². The van der Waals surface area contributed by atoms with Crippen molar-refractivity contribution in [2.24, 2.45) is 46.3 Å². The highest BCUT2D eigenvalue weighted by Crippen LogP contribution is 2.68. The SMILES string of the molecule is CCCCCCCC/C=C\CCCCCCCC(=O)OC1CCC2(C)C(CCC3C2CC(O)C2(C)C(C(C)CCC(=O)NCC(=O)O)CCC32)C1. The van der Waals surface area contributed by atoms with Gasteiger partial charge in [0, 0.05) is 12.8 Å². The number of fused-ring (bicyclic) bond motifs is 5. The summed E-state index contributed by atoms with van der Waals surface area (Å²) in [6.07, 6.45) is 30.8. The van der Waals surface area contributed by atoms with Gasteiger partial charge in [-0.05, 0) is 136 Å². The molecule has 4 aliphatic rings. The number of carboxylic acids is 1. The molecular weight excluding hydrogens is 638 g/mol. The zero-order chi connectivity index (χ0) is 36.9. The molecule has 10 atom stereocenters. The van der Waals surface area contributed by atoms with Crippen LogP contribution in [0.1, 0.15) is 182 Å². The quantitative estimate of drug-likeness (QED) is 0.0585. The number of allylic oxidation sites excluding steroid dienone is 2. The minimum Gasteiger partial charge on any atom is -0.480 e. The lowest BCUT2D eigenvalue weighted by atomic mass is 9.43. The fourth-order valence-electron chi connectivity index (χ4n) is 11.7. The number of unbranched alkanes of at least 4 members (excludes halogenated alkanes) is 11. The van der Waals surface area contributed by atoms with Crippen LogP contribution >= 0.6 is 0 Å². The molecule has 4 rings (SSSR count). The molecule has 4 fully saturated rings. The molecule has 10 unspecified atom stereocenters. The van der Waals surface area contributed by atoms with Crippen molar-refractivity contribution in [3.8, 4) is 0 Å². The molecule has 292 valence electrons. The van der Waals surface area contributed by atoms with Crippen LogP contribution in [-0.4, -0.2) is 46.8 Å². The van der Waals surface area contributed by atoms with E-state index >= 15 is 0 Å². The monoisotopic (exact) mass is 714 g/mol. The smallest absolute Gasteiger partial charge is 0.322 e. The summed E-state index contributed by atoms with van der Waals surface area (Å²) >= 11 is 0. The third kappa shape index (κ3) is 11.3. The van der Waals surface area contributed by atoms with Crippen molar-refractivity contribution >= 4 is 17.8 Å². The number of hydrogen-bond acceptors (Lipinski definition) is 5. The number of hydrogen-bond donors (Lipinski definition) is 3. The van der Waals surface area contributed by atoms with E-state index in [1.54, 1.807) is 0 Å². The second-order valence-corrected chi connectivity index (χ2v) is 17.9. The van der Waals surface area contributed by atoms with Gasteiger partial charge in [0.2, 0.25) is 5.91 Å². The van der Waals surface area contributed by atoms with E-state index in [1.807, 2.05) is 0 Å². The molecule has 0 saturated heterocycles. The van der Waals surface area contributed by atoms with E-state index in [1.165, 1.54) is 83.5 Å². The molecule has 0 bridgehead atoms. The molecular formula is C44H75NO6. The normalized spacial score (nSPS) is 33.6. The highest BCUT2D eigenvalue weighted by atomic mass is 16.5. The van der Waals surface area contributed by atoms with Crippen molar-refractivity contribution in [3.63, 3.8) is 0 Å². The summed E-state index contributed by atoms with van der Waals surface area (Å²) in [6, 6.07) is 0. The van der Waals surface area contributed by atoms with E-state index in [9.17, 15) is 19.5 Å². The highest BCUT2D eigenvalue weighted by molar-refractivity contribution is 5.81. The Hall–Kier alpha value is -1.89. The Morgan fingerprint density at radius 3 is 2.18 bits per heavy atom. The number of nitrogens with one attached hydrogen (secondary N) is 1. The Bertz CT molecular complexity index is 1120. The number of rotatable bonds is 22. The van der Waals surface area contributed by atoms with Crippen molar-refractivity contribution in [3.05, 3.63) is 12.2 Å². The molecule has 0 aromatic carbocycles. The largest absolute Gasteiger partial charge is 0.480 e. The topological polar surface area (TPSA) is 113 Å². The number of carboxylic acid groups (broad SMARTS) is 1. The maximum Gasteiger partial charge on any atom is 0.322 e. The Morgan fingerprint density at radius 1 is 0.824 bits per heavy atom. The van der Waals surface area contributed by atoms with E-state index in [4.69, 9.17) is 9.84 Å². The number of aliphatic hydroxyl groups is 1. The molecule has 0 aromatic rings. The summed E-state index contributed by atoms with van der Waals surface area (Å²) in [5, 5.41) is 23.3. The molecule has 4 saturated carbocycles. The van der Waals surface area contributed by atoms with E-state index in [0.29, 0.717) is 48.3 Å². The average Bonchev–Trinajstić information content (AvgIpc) is 3.47. The summed E-state index contributed by atoms with van der Waals surface area (Å²) in [7, 11) is 0. The third-order valence-corrected chi connectivity index (χ3v) is 14.7. The maximum atomic E-state index is 12.8. The molecule has 3 N–H and O–H groups in total. The second-order valence-electron chi connectivity index (χ2n) is 17.9. The highest BCUT2D eigenvalue weighted by Gasteiger charge is 2.63. The lowest BCUT2D eigenvalue weighted by Crippen LogP contribution is -2.59. The maximum absolute atomic E-state index is 12.8. The molecule has 0 heterocycles. The van der Waals surface area contributed by atoms with E-state index in [-0.39, 0.29) is 41.5 Å². The van der Waals surface area contributed by atoms with Crippen LogP contribution in [0.5, 0.6) is 0 Å². The molecule has 7 heteroatoms. The van der Waals surface area contributed by atoms with Crippen LogP contribution in [0.2, 0.25) is 0 Å². The van der Waals surface area contributed by atoms with Gasteiger partial charge < -0.3 is 20.3 Å². The van der Waals surface area contributed by atoms with Crippen LogP contribution in [0.4, 0.5) is 0 Å². The minimum absolute atomic E-state index is 0.00995. The van der Waals surface area contributed by atoms with Crippen molar-refractivity contribution in [2.45, 2.75) is 194 Å². The van der Waals surface area contributed by atoms with Crippen molar-refractivity contribution < 1.29 is 29.3 Å². The van der Waals surface area contributed by atoms with E-state index < -0.39 is 5.97 Å². The van der Waals surface area contributed by atoms with Crippen LogP contribution in [0.15, 0.2) is 12.2 Å². The van der Waals surface area contributed by atoms with Gasteiger partial charge in [0.25, 0.3) is 0 Å². The predicted octanol–water partition coefficient (Wildman–Crippen LogP) is 10.2. The molecule has 0 aliphatic heterocycles. The standard InChI is InChI=1S/C44H75NO6/c1-5-6-7-8-9-10-11-12-13-14-15-16-17-18-19-20-42(50)51-34-27-28-43(3)33(29-34)22-23-35-37-25-24-36(44(37,4)39(46)30-38(35)43)32(2)21-26-40(47)45-31-41(48)49/h12-13,32-39,46H,5-11,14-31H2,1-4H3,(H,45,47)(H,48,49)/b13-12-. The Morgan fingerprint density at radius 2 is 1.49 bits per heavy atom. The van der Waals surface area contributed by atoms with E-state index in [2.05, 4.69) is 45.2 Å². The van der Waals surface area contributed by atoms with Gasteiger partial charge in [-0.2, -0.15) is 0 Å². The molecule has 4 aliphatic carbocycles. The summed E-state index contributed by atoms with van der Waals surface area (Å²) in [6.45, 7) is 8.97. The summed E-state index contributed by atoms with van der Waals surface area (Å²) in [5.74, 6) is 1.60. The fraction of sp³-hybridized carbons (Fsp3) is 0.886. The first-order valence-electron chi connectivity index (χ1n) is 21.5. The number of esters is 1. The first-order valence-corrected chi connectivity index (χ1v) is 21.5. The zero-order valence-corrected chi connectivity index (χ0v) is 33.0. The number of aliphatic hydroxyl groups excluding tert-OH is 1. The lowest BCUT2D eigenvalue weighted by molar-refractivity contribution is -0.181. The van der Waals surface area contributed by atoms with Gasteiger partial charge in [-0.3, -0.25) is 14.4 Å². The Balaban J connectivity index is 1.14. The fourth-order valence-corrected chi connectivity index (χ4v) is 11.7. The van der Waals surface area contributed by atoms with Gasteiger partial charge in [-0.25, -0.2) is 0 Å². The van der Waals surface area contributed by atoms with Crippen LogP contribution in [0, 0.1) is 46.3 Å². The first-order chi connectivity index (χ1) is 24.5. The first kappa shape index (κ1) is 41.9. The average molecular weight is 714 g/mol. The molecule has 7 nitrogen and oxygen atoms in total.